The number of rotatable bonds is 4. The maximum atomic E-state index is 12.5. The van der Waals surface area contributed by atoms with Crippen LogP contribution in [0.2, 0.25) is 0 Å². The van der Waals surface area contributed by atoms with Crippen LogP contribution in [0, 0.1) is 0 Å². The monoisotopic (exact) mass is 434 g/mol. The Morgan fingerprint density at radius 1 is 1.14 bits per heavy atom. The van der Waals surface area contributed by atoms with Gasteiger partial charge in [0.1, 0.15) is 10.6 Å². The fourth-order valence-corrected chi connectivity index (χ4v) is 3.87. The minimum Gasteiger partial charge on any atom is -0.497 e. The fraction of sp³-hybridized carbons (Fsp3) is 0.0769. The number of halogens is 2. The quantitative estimate of drug-likeness (QED) is 0.718. The van der Waals surface area contributed by atoms with Gasteiger partial charge in [0.2, 0.25) is 0 Å². The molecule has 2 rings (SSSR count). The molecule has 2 aromatic rings. The lowest BCUT2D eigenvalue weighted by Crippen LogP contribution is -2.15. The molecule has 0 heterocycles. The molecule has 0 saturated heterocycles. The number of nitrogens with one attached hydrogen (secondary N) is 1. The van der Waals surface area contributed by atoms with E-state index < -0.39 is 10.0 Å². The van der Waals surface area contributed by atoms with Crippen molar-refractivity contribution in [2.45, 2.75) is 4.90 Å². The Kier molecular flexibility index (Phi) is 4.80. The van der Waals surface area contributed by atoms with Crippen LogP contribution in [0.25, 0.3) is 0 Å². The van der Waals surface area contributed by atoms with Gasteiger partial charge in [-0.15, -0.1) is 0 Å². The number of ether oxygens (including phenoxy) is 1. The van der Waals surface area contributed by atoms with E-state index in [-0.39, 0.29) is 10.6 Å². The first-order valence-corrected chi connectivity index (χ1v) is 8.82. The van der Waals surface area contributed by atoms with Gasteiger partial charge in [0.05, 0.1) is 18.5 Å². The van der Waals surface area contributed by atoms with Crippen molar-refractivity contribution in [3.8, 4) is 5.75 Å². The molecule has 0 atom stereocenters. The summed E-state index contributed by atoms with van der Waals surface area (Å²) in [6.45, 7) is 0. The van der Waals surface area contributed by atoms with E-state index in [9.17, 15) is 8.42 Å². The van der Waals surface area contributed by atoms with Crippen LogP contribution in [0.1, 0.15) is 0 Å². The predicted molar refractivity (Wildman–Crippen MR) is 90.1 cm³/mol. The molecule has 2 aromatic carbocycles. The van der Waals surface area contributed by atoms with Crippen molar-refractivity contribution < 1.29 is 13.2 Å². The Labute approximate surface area is 139 Å². The van der Waals surface area contributed by atoms with Gasteiger partial charge in [-0.1, -0.05) is 15.9 Å². The van der Waals surface area contributed by atoms with Crippen LogP contribution < -0.4 is 15.2 Å². The summed E-state index contributed by atoms with van der Waals surface area (Å²) in [5.41, 5.74) is 6.29. The SMILES string of the molecule is COc1ccc(Br)c(NS(=O)(=O)c2cc(Br)ccc2N)c1. The Morgan fingerprint density at radius 2 is 1.86 bits per heavy atom. The third kappa shape index (κ3) is 3.69. The summed E-state index contributed by atoms with van der Waals surface area (Å²) < 4.78 is 33.7. The molecule has 0 unspecified atom stereocenters. The number of methoxy groups -OCH3 is 1. The topological polar surface area (TPSA) is 81.4 Å². The first-order valence-electron chi connectivity index (χ1n) is 5.75. The summed E-state index contributed by atoms with van der Waals surface area (Å²) in [4.78, 5) is 0.00611. The van der Waals surface area contributed by atoms with Gasteiger partial charge in [-0.25, -0.2) is 8.42 Å². The second-order valence-electron chi connectivity index (χ2n) is 4.13. The van der Waals surface area contributed by atoms with Crippen molar-refractivity contribution in [2.24, 2.45) is 0 Å². The third-order valence-corrected chi connectivity index (χ3v) is 5.29. The van der Waals surface area contributed by atoms with E-state index in [2.05, 4.69) is 36.6 Å². The molecule has 0 aliphatic rings. The molecule has 0 spiro atoms. The van der Waals surface area contributed by atoms with E-state index in [4.69, 9.17) is 10.5 Å². The molecule has 0 aromatic heterocycles. The van der Waals surface area contributed by atoms with Crippen LogP contribution in [0.5, 0.6) is 5.75 Å². The Hall–Kier alpha value is -1.25. The fourth-order valence-electron chi connectivity index (χ4n) is 1.65. The molecule has 0 aliphatic heterocycles. The zero-order valence-corrected chi connectivity index (χ0v) is 14.9. The highest BCUT2D eigenvalue weighted by molar-refractivity contribution is 9.10. The van der Waals surface area contributed by atoms with Crippen molar-refractivity contribution in [2.75, 3.05) is 17.6 Å². The molecular formula is C13H12Br2N2O3S. The number of nitrogens with two attached hydrogens (primary N) is 1. The zero-order valence-electron chi connectivity index (χ0n) is 10.9. The van der Waals surface area contributed by atoms with Crippen molar-refractivity contribution in [1.29, 1.82) is 0 Å². The first-order chi connectivity index (χ1) is 9.83. The van der Waals surface area contributed by atoms with Gasteiger partial charge >= 0.3 is 0 Å². The number of hydrogen-bond acceptors (Lipinski definition) is 4. The molecule has 0 saturated carbocycles. The van der Waals surface area contributed by atoms with E-state index in [0.717, 1.165) is 0 Å². The molecule has 0 amide bonds. The van der Waals surface area contributed by atoms with Gasteiger partial charge in [0.25, 0.3) is 10.0 Å². The average molecular weight is 436 g/mol. The highest BCUT2D eigenvalue weighted by atomic mass is 79.9. The van der Waals surface area contributed by atoms with Crippen molar-refractivity contribution in [3.63, 3.8) is 0 Å². The van der Waals surface area contributed by atoms with E-state index in [1.807, 2.05) is 0 Å². The summed E-state index contributed by atoms with van der Waals surface area (Å²) in [6, 6.07) is 9.65. The van der Waals surface area contributed by atoms with Gasteiger partial charge in [0.15, 0.2) is 0 Å². The Bertz CT molecular complexity index is 779. The van der Waals surface area contributed by atoms with Crippen LogP contribution in [0.15, 0.2) is 50.2 Å². The maximum Gasteiger partial charge on any atom is 0.264 e. The van der Waals surface area contributed by atoms with Gasteiger partial charge in [-0.05, 0) is 46.3 Å². The van der Waals surface area contributed by atoms with Crippen LogP contribution >= 0.6 is 31.9 Å². The molecule has 3 N–H and O–H groups in total. The lowest BCUT2D eigenvalue weighted by molar-refractivity contribution is 0.415. The van der Waals surface area contributed by atoms with Gasteiger partial charge in [-0.3, -0.25) is 4.72 Å². The maximum absolute atomic E-state index is 12.5. The van der Waals surface area contributed by atoms with E-state index in [1.54, 1.807) is 24.3 Å². The summed E-state index contributed by atoms with van der Waals surface area (Å²) in [6.07, 6.45) is 0. The second kappa shape index (κ2) is 6.25. The largest absolute Gasteiger partial charge is 0.497 e. The third-order valence-electron chi connectivity index (χ3n) is 2.68. The van der Waals surface area contributed by atoms with E-state index in [0.29, 0.717) is 20.4 Å². The van der Waals surface area contributed by atoms with Gasteiger partial charge in [-0.2, -0.15) is 0 Å². The second-order valence-corrected chi connectivity index (χ2v) is 7.55. The predicted octanol–water partition coefficient (Wildman–Crippen LogP) is 3.60. The molecule has 5 nitrogen and oxygen atoms in total. The zero-order chi connectivity index (χ0) is 15.6. The molecule has 0 radical (unpaired) electrons. The van der Waals surface area contributed by atoms with Crippen molar-refractivity contribution in [1.82, 2.24) is 0 Å². The standard InChI is InChI=1S/C13H12Br2N2O3S/c1-20-9-3-4-10(15)12(7-9)17-21(18,19)13-6-8(14)2-5-11(13)16/h2-7,17H,16H2,1H3. The summed E-state index contributed by atoms with van der Waals surface area (Å²) in [5.74, 6) is 0.540. The molecule has 21 heavy (non-hydrogen) atoms. The van der Waals surface area contributed by atoms with Crippen molar-refractivity contribution >= 4 is 53.3 Å². The summed E-state index contributed by atoms with van der Waals surface area (Å²) >= 11 is 6.53. The molecule has 112 valence electrons. The number of nitrogen functional groups attached to an aromatic ring is 1. The minimum absolute atomic E-state index is 0.00611. The van der Waals surface area contributed by atoms with E-state index in [1.165, 1.54) is 19.2 Å². The molecule has 0 aliphatic carbocycles. The van der Waals surface area contributed by atoms with Crippen molar-refractivity contribution in [3.05, 3.63) is 45.3 Å². The molecule has 8 heteroatoms. The number of benzene rings is 2. The average Bonchev–Trinajstić information content (AvgIpc) is 2.43. The molecular weight excluding hydrogens is 424 g/mol. The van der Waals surface area contributed by atoms with Gasteiger partial charge in [0, 0.05) is 15.0 Å². The summed E-state index contributed by atoms with van der Waals surface area (Å²) in [5, 5.41) is 0. The molecule has 0 fully saturated rings. The number of sulfonamides is 1. The van der Waals surface area contributed by atoms with Crippen LogP contribution in [-0.2, 0) is 10.0 Å². The van der Waals surface area contributed by atoms with E-state index >= 15 is 0 Å². The smallest absolute Gasteiger partial charge is 0.264 e. The van der Waals surface area contributed by atoms with Crippen LogP contribution in [-0.4, -0.2) is 15.5 Å². The van der Waals surface area contributed by atoms with Crippen LogP contribution in [0.4, 0.5) is 11.4 Å². The number of anilines is 2. The molecule has 0 bridgehead atoms. The van der Waals surface area contributed by atoms with Gasteiger partial charge < -0.3 is 10.5 Å². The normalized spacial score (nSPS) is 11.2. The lowest BCUT2D eigenvalue weighted by atomic mass is 10.3. The van der Waals surface area contributed by atoms with Crippen LogP contribution in [0.3, 0.4) is 0 Å². The highest BCUT2D eigenvalue weighted by Crippen LogP contribution is 2.31. The minimum atomic E-state index is -3.80. The number of hydrogen-bond donors (Lipinski definition) is 2. The Morgan fingerprint density at radius 3 is 2.52 bits per heavy atom. The summed E-state index contributed by atoms with van der Waals surface area (Å²) in [7, 11) is -2.30. The highest BCUT2D eigenvalue weighted by Gasteiger charge is 2.19. The Balaban J connectivity index is 2.44. The lowest BCUT2D eigenvalue weighted by Gasteiger charge is -2.12. The first kappa shape index (κ1) is 16.1.